The first kappa shape index (κ1) is 22.0. The van der Waals surface area contributed by atoms with Crippen LogP contribution in [0.5, 0.6) is 5.75 Å². The molecular formula is C24H30O4. The van der Waals surface area contributed by atoms with Crippen molar-refractivity contribution >= 4 is 0 Å². The van der Waals surface area contributed by atoms with E-state index < -0.39 is 5.41 Å². The minimum atomic E-state index is -0.509. The summed E-state index contributed by atoms with van der Waals surface area (Å²) in [6.07, 6.45) is 5.31. The van der Waals surface area contributed by atoms with Crippen molar-refractivity contribution in [1.82, 2.24) is 0 Å². The molecule has 2 aromatic rings. The number of hydrogen-bond acceptors (Lipinski definition) is 4. The van der Waals surface area contributed by atoms with E-state index in [9.17, 15) is 5.11 Å². The fourth-order valence-electron chi connectivity index (χ4n) is 2.98. The van der Waals surface area contributed by atoms with Gasteiger partial charge in [-0.1, -0.05) is 56.3 Å². The smallest absolute Gasteiger partial charge is 0.118 e. The van der Waals surface area contributed by atoms with Crippen molar-refractivity contribution in [1.29, 1.82) is 0 Å². The summed E-state index contributed by atoms with van der Waals surface area (Å²) < 4.78 is 17.6. The van der Waals surface area contributed by atoms with Crippen molar-refractivity contribution in [3.63, 3.8) is 0 Å². The average molecular weight is 383 g/mol. The predicted octanol–water partition coefficient (Wildman–Crippen LogP) is 4.21. The molecule has 150 valence electrons. The molecule has 4 heteroatoms. The molecule has 0 heterocycles. The molecule has 0 spiro atoms. The highest BCUT2D eigenvalue weighted by Crippen LogP contribution is 2.30. The largest absolute Gasteiger partial charge is 0.497 e. The summed E-state index contributed by atoms with van der Waals surface area (Å²) in [6, 6.07) is 17.7. The van der Waals surface area contributed by atoms with Crippen LogP contribution in [-0.2, 0) is 22.7 Å². The van der Waals surface area contributed by atoms with Crippen LogP contribution in [0.3, 0.4) is 0 Å². The second-order valence-electron chi connectivity index (χ2n) is 7.47. The van der Waals surface area contributed by atoms with E-state index in [2.05, 4.69) is 5.92 Å². The lowest BCUT2D eigenvalue weighted by atomic mass is 9.83. The van der Waals surface area contributed by atoms with Crippen LogP contribution in [0.1, 0.15) is 31.4 Å². The third-order valence-corrected chi connectivity index (χ3v) is 4.73. The number of hydrogen-bond donors (Lipinski definition) is 1. The van der Waals surface area contributed by atoms with Gasteiger partial charge in [-0.3, -0.25) is 0 Å². The molecule has 2 rings (SSSR count). The van der Waals surface area contributed by atoms with E-state index in [4.69, 9.17) is 20.6 Å². The molecule has 0 amide bonds. The van der Waals surface area contributed by atoms with Gasteiger partial charge in [0.1, 0.15) is 5.75 Å². The van der Waals surface area contributed by atoms with Crippen LogP contribution >= 0.6 is 0 Å². The molecule has 0 aromatic heterocycles. The third kappa shape index (κ3) is 6.38. The number of rotatable bonds is 11. The van der Waals surface area contributed by atoms with Gasteiger partial charge in [-0.05, 0) is 23.3 Å². The zero-order chi connectivity index (χ0) is 20.4. The number of ether oxygens (including phenoxy) is 3. The van der Waals surface area contributed by atoms with Gasteiger partial charge in [0.15, 0.2) is 0 Å². The fraction of sp³-hybridized carbons (Fsp3) is 0.417. The van der Waals surface area contributed by atoms with Crippen LogP contribution < -0.4 is 4.74 Å². The molecule has 4 nitrogen and oxygen atoms in total. The SMILES string of the molecule is C#CC[C@H](OCc1ccccc1)[C@H](OCc1ccc(OC)cc1)C(C)(C)CO. The Morgan fingerprint density at radius 3 is 2.14 bits per heavy atom. The Balaban J connectivity index is 2.11. The quantitative estimate of drug-likeness (QED) is 0.592. The summed E-state index contributed by atoms with van der Waals surface area (Å²) in [6.45, 7) is 4.73. The normalized spacial score (nSPS) is 13.5. The molecule has 0 radical (unpaired) electrons. The van der Waals surface area contributed by atoms with Gasteiger partial charge in [-0.2, -0.15) is 0 Å². The molecule has 0 saturated heterocycles. The van der Waals surface area contributed by atoms with E-state index in [1.165, 1.54) is 0 Å². The van der Waals surface area contributed by atoms with Gasteiger partial charge < -0.3 is 19.3 Å². The Kier molecular flexibility index (Phi) is 8.53. The van der Waals surface area contributed by atoms with Crippen LogP contribution in [0.2, 0.25) is 0 Å². The van der Waals surface area contributed by atoms with E-state index in [0.29, 0.717) is 19.6 Å². The molecule has 2 aromatic carbocycles. The molecule has 28 heavy (non-hydrogen) atoms. The first-order valence-electron chi connectivity index (χ1n) is 9.44. The average Bonchev–Trinajstić information content (AvgIpc) is 2.73. The Morgan fingerprint density at radius 1 is 0.964 bits per heavy atom. The lowest BCUT2D eigenvalue weighted by molar-refractivity contribution is -0.141. The van der Waals surface area contributed by atoms with Gasteiger partial charge in [0.25, 0.3) is 0 Å². The van der Waals surface area contributed by atoms with E-state index in [0.717, 1.165) is 16.9 Å². The highest BCUT2D eigenvalue weighted by molar-refractivity contribution is 5.26. The number of terminal acetylenes is 1. The molecule has 0 unspecified atom stereocenters. The minimum Gasteiger partial charge on any atom is -0.497 e. The molecule has 0 aliphatic heterocycles. The summed E-state index contributed by atoms with van der Waals surface area (Å²) in [5, 5.41) is 9.93. The van der Waals surface area contributed by atoms with Crippen molar-refractivity contribution in [3.8, 4) is 18.1 Å². The van der Waals surface area contributed by atoms with Crippen LogP contribution in [0.4, 0.5) is 0 Å². The summed E-state index contributed by atoms with van der Waals surface area (Å²) in [5.41, 5.74) is 1.58. The summed E-state index contributed by atoms with van der Waals surface area (Å²) in [7, 11) is 1.64. The maximum atomic E-state index is 9.93. The second kappa shape index (κ2) is 10.9. The topological polar surface area (TPSA) is 47.9 Å². The number of aliphatic hydroxyl groups is 1. The lowest BCUT2D eigenvalue weighted by Gasteiger charge is -2.37. The van der Waals surface area contributed by atoms with Gasteiger partial charge in [-0.15, -0.1) is 12.3 Å². The van der Waals surface area contributed by atoms with Crippen molar-refractivity contribution in [2.24, 2.45) is 5.41 Å². The van der Waals surface area contributed by atoms with Gasteiger partial charge in [0.05, 0.1) is 39.1 Å². The van der Waals surface area contributed by atoms with Crippen LogP contribution in [0.25, 0.3) is 0 Å². The zero-order valence-corrected chi connectivity index (χ0v) is 16.9. The minimum absolute atomic E-state index is 0.0317. The summed E-state index contributed by atoms with van der Waals surface area (Å²) in [4.78, 5) is 0. The van der Waals surface area contributed by atoms with Gasteiger partial charge >= 0.3 is 0 Å². The molecule has 0 saturated carbocycles. The van der Waals surface area contributed by atoms with Gasteiger partial charge in [-0.25, -0.2) is 0 Å². The molecular weight excluding hydrogens is 352 g/mol. The highest BCUT2D eigenvalue weighted by Gasteiger charge is 2.37. The number of aliphatic hydroxyl groups excluding tert-OH is 1. The summed E-state index contributed by atoms with van der Waals surface area (Å²) >= 11 is 0. The molecule has 1 N–H and O–H groups in total. The van der Waals surface area contributed by atoms with Crippen molar-refractivity contribution in [3.05, 3.63) is 65.7 Å². The maximum Gasteiger partial charge on any atom is 0.118 e. The monoisotopic (exact) mass is 382 g/mol. The first-order valence-corrected chi connectivity index (χ1v) is 9.44. The van der Waals surface area contributed by atoms with Crippen LogP contribution in [0.15, 0.2) is 54.6 Å². The second-order valence-corrected chi connectivity index (χ2v) is 7.47. The van der Waals surface area contributed by atoms with Crippen LogP contribution in [0, 0.1) is 17.8 Å². The fourth-order valence-corrected chi connectivity index (χ4v) is 2.98. The number of benzene rings is 2. The Morgan fingerprint density at radius 2 is 1.57 bits per heavy atom. The Bertz CT molecular complexity index is 731. The van der Waals surface area contributed by atoms with Gasteiger partial charge in [0, 0.05) is 11.8 Å². The molecule has 2 atom stereocenters. The first-order chi connectivity index (χ1) is 13.5. The van der Waals surface area contributed by atoms with Crippen molar-refractivity contribution in [2.75, 3.05) is 13.7 Å². The van der Waals surface area contributed by atoms with E-state index in [1.54, 1.807) is 7.11 Å². The number of methoxy groups -OCH3 is 1. The third-order valence-electron chi connectivity index (χ3n) is 4.73. The maximum absolute atomic E-state index is 9.93. The Labute approximate surface area is 168 Å². The zero-order valence-electron chi connectivity index (χ0n) is 16.9. The molecule has 0 aliphatic carbocycles. The van der Waals surface area contributed by atoms with Crippen LogP contribution in [-0.4, -0.2) is 31.0 Å². The predicted molar refractivity (Wildman–Crippen MR) is 111 cm³/mol. The molecule has 0 aliphatic rings. The molecule has 0 fully saturated rings. The van der Waals surface area contributed by atoms with E-state index in [1.807, 2.05) is 68.4 Å². The highest BCUT2D eigenvalue weighted by atomic mass is 16.5. The summed E-state index contributed by atoms with van der Waals surface area (Å²) in [5.74, 6) is 3.49. The standard InChI is InChI=1S/C24H30O4/c1-5-9-22(27-16-19-10-7-6-8-11-19)23(24(2,3)18-25)28-17-20-12-14-21(26-4)15-13-20/h1,6-8,10-15,22-23,25H,9,16-18H2,2-4H3/t22-,23-/m0/s1. The Hall–Kier alpha value is -2.32. The van der Waals surface area contributed by atoms with E-state index in [-0.39, 0.29) is 18.8 Å². The van der Waals surface area contributed by atoms with Crippen molar-refractivity contribution in [2.45, 2.75) is 45.7 Å². The lowest BCUT2D eigenvalue weighted by Crippen LogP contribution is -2.45. The van der Waals surface area contributed by atoms with Gasteiger partial charge in [0.2, 0.25) is 0 Å². The molecule has 0 bridgehead atoms. The van der Waals surface area contributed by atoms with E-state index >= 15 is 0 Å². The van der Waals surface area contributed by atoms with Crippen molar-refractivity contribution < 1.29 is 19.3 Å².